The van der Waals surface area contributed by atoms with Crippen molar-refractivity contribution in [1.29, 1.82) is 0 Å². The van der Waals surface area contributed by atoms with Gasteiger partial charge in [-0.3, -0.25) is 24.0 Å². The summed E-state index contributed by atoms with van der Waals surface area (Å²) in [6.07, 6.45) is 9.19. The molecule has 270 valence electrons. The third kappa shape index (κ3) is 6.23. The second-order valence-electron chi connectivity index (χ2n) is 17.3. The first-order valence-electron chi connectivity index (χ1n) is 18.4. The number of nitrogens with two attached hydrogens (primary N) is 1. The number of thiazole rings is 1. The molecule has 4 amide bonds. The fourth-order valence-electron chi connectivity index (χ4n) is 9.83. The average Bonchev–Trinajstić information content (AvgIpc) is 3.32. The summed E-state index contributed by atoms with van der Waals surface area (Å²) in [5, 5.41) is 10.4. The van der Waals surface area contributed by atoms with E-state index in [-0.39, 0.29) is 40.4 Å². The lowest BCUT2D eigenvalue weighted by Crippen LogP contribution is -2.59. The normalized spacial score (nSPS) is 27.2. The molecule has 3 heterocycles. The maximum atomic E-state index is 14.7. The highest BCUT2D eigenvalue weighted by molar-refractivity contribution is 7.11. The second-order valence-corrected chi connectivity index (χ2v) is 18.5. The molecule has 1 aromatic heterocycles. The van der Waals surface area contributed by atoms with Gasteiger partial charge in [-0.25, -0.2) is 4.98 Å². The molecule has 3 aliphatic carbocycles. The van der Waals surface area contributed by atoms with Crippen molar-refractivity contribution in [3.8, 4) is 0 Å². The number of piperidine rings is 1. The number of primary amides is 1. The van der Waals surface area contributed by atoms with Gasteiger partial charge >= 0.3 is 0 Å². The fourth-order valence-corrected chi connectivity index (χ4v) is 10.9. The van der Waals surface area contributed by atoms with Crippen LogP contribution in [0.3, 0.4) is 0 Å². The number of nitrogens with zero attached hydrogens (tertiary/aromatic N) is 2. The smallest absolute Gasteiger partial charge is 0.287 e. The lowest BCUT2D eigenvalue weighted by Gasteiger charge is -2.36. The number of carbonyl (C=O) groups excluding carboxylic acids is 5. The van der Waals surface area contributed by atoms with Crippen molar-refractivity contribution in [2.45, 2.75) is 136 Å². The van der Waals surface area contributed by atoms with Crippen LogP contribution in [0.25, 0.3) is 0 Å². The summed E-state index contributed by atoms with van der Waals surface area (Å²) >= 11 is 1.66. The third-order valence-corrected chi connectivity index (χ3v) is 14.6. The molecule has 0 radical (unpaired) electrons. The molecule has 49 heavy (non-hydrogen) atoms. The minimum absolute atomic E-state index is 0.0606. The molecule has 4 atom stereocenters. The van der Waals surface area contributed by atoms with Crippen molar-refractivity contribution in [3.05, 3.63) is 15.6 Å². The van der Waals surface area contributed by atoms with Crippen LogP contribution >= 0.6 is 11.3 Å². The van der Waals surface area contributed by atoms with E-state index in [4.69, 9.17) is 10.7 Å². The number of rotatable bonds is 11. The Morgan fingerprint density at radius 3 is 2.22 bits per heavy atom. The maximum Gasteiger partial charge on any atom is 0.287 e. The lowest BCUT2D eigenvalue weighted by molar-refractivity contribution is -0.145. The van der Waals surface area contributed by atoms with E-state index in [0.29, 0.717) is 25.3 Å². The Bertz CT molecular complexity index is 1500. The van der Waals surface area contributed by atoms with Crippen LogP contribution in [0.1, 0.15) is 120 Å². The van der Waals surface area contributed by atoms with Gasteiger partial charge in [0, 0.05) is 22.8 Å². The topological polar surface area (TPSA) is 164 Å². The quantitative estimate of drug-likeness (QED) is 0.257. The highest BCUT2D eigenvalue weighted by Gasteiger charge is 2.85. The molecule has 5 aliphatic rings. The minimum atomic E-state index is -1.06. The molecular formula is C37H56N6O5S. The summed E-state index contributed by atoms with van der Waals surface area (Å²) in [6, 6.07) is -2.72. The highest BCUT2D eigenvalue weighted by atomic mass is 32.1. The first kappa shape index (κ1) is 35.9. The van der Waals surface area contributed by atoms with Crippen LogP contribution in [0.4, 0.5) is 0 Å². The summed E-state index contributed by atoms with van der Waals surface area (Å²) in [5.41, 5.74) is 5.28. The van der Waals surface area contributed by atoms with Crippen LogP contribution in [-0.2, 0) is 30.4 Å². The van der Waals surface area contributed by atoms with Gasteiger partial charge < -0.3 is 26.6 Å². The SMILES string of the molecule is Cc1sc(C2CCNCC2)nc1CC(=O)N[C@H](C(=O)N1C[C@]2(C[C@H]1C(=O)NC(CC1CCC1)C(=O)C(N)=O)C(C)(C)C21CCC1)C(C)(C)C. The molecule has 2 saturated heterocycles. The van der Waals surface area contributed by atoms with E-state index in [1.807, 2.05) is 27.7 Å². The van der Waals surface area contributed by atoms with Gasteiger partial charge in [0.1, 0.15) is 12.1 Å². The molecule has 1 aromatic rings. The molecule has 6 rings (SSSR count). The zero-order chi connectivity index (χ0) is 35.5. The number of aromatic nitrogens is 1. The van der Waals surface area contributed by atoms with E-state index in [1.165, 1.54) is 0 Å². The highest BCUT2D eigenvalue weighted by Crippen LogP contribution is 2.88. The van der Waals surface area contributed by atoms with Crippen LogP contribution in [0.2, 0.25) is 0 Å². The average molecular weight is 697 g/mol. The Labute approximate surface area is 294 Å². The molecule has 1 unspecified atom stereocenters. The number of hydrogen-bond acceptors (Lipinski definition) is 8. The molecule has 3 saturated carbocycles. The lowest BCUT2D eigenvalue weighted by atomic mass is 9.73. The van der Waals surface area contributed by atoms with Crippen molar-refractivity contribution in [1.82, 2.24) is 25.8 Å². The third-order valence-electron chi connectivity index (χ3n) is 13.4. The van der Waals surface area contributed by atoms with Gasteiger partial charge in [-0.15, -0.1) is 11.3 Å². The van der Waals surface area contributed by atoms with Gasteiger partial charge in [0.05, 0.1) is 23.2 Å². The van der Waals surface area contributed by atoms with Crippen LogP contribution in [0, 0.1) is 34.5 Å². The van der Waals surface area contributed by atoms with Crippen LogP contribution in [0.15, 0.2) is 0 Å². The number of aryl methyl sites for hydroxylation is 1. The van der Waals surface area contributed by atoms with Crippen molar-refractivity contribution < 1.29 is 24.0 Å². The van der Waals surface area contributed by atoms with Crippen molar-refractivity contribution in [2.75, 3.05) is 19.6 Å². The van der Waals surface area contributed by atoms with Gasteiger partial charge in [-0.05, 0) is 80.7 Å². The number of hydrogen-bond donors (Lipinski definition) is 4. The molecular weight excluding hydrogens is 641 g/mol. The Morgan fingerprint density at radius 2 is 1.69 bits per heavy atom. The Morgan fingerprint density at radius 1 is 1.02 bits per heavy atom. The number of nitrogens with one attached hydrogen (secondary N) is 3. The summed E-state index contributed by atoms with van der Waals surface area (Å²) in [7, 11) is 0. The first-order valence-corrected chi connectivity index (χ1v) is 19.2. The summed E-state index contributed by atoms with van der Waals surface area (Å²) < 4.78 is 0. The standard InChI is InChI=1S/C37H56N6O5S/c1-21-24(41-32(49-21)23-11-15-39-16-12-23)18-27(44)42-29(34(2,3)4)33(48)43-20-37(35(5,6)36(37)13-8-14-36)19-26(43)31(47)40-25(28(45)30(38)46)17-22-9-7-10-22/h22-23,25-26,29,39H,7-20H2,1-6H3,(H2,38,46)(H,40,47)(H,42,44)/t25?,26-,29+,37+/m0/s1. The Balaban J connectivity index is 1.23. The molecule has 2 aliphatic heterocycles. The van der Waals surface area contributed by atoms with Crippen LogP contribution < -0.4 is 21.7 Å². The summed E-state index contributed by atoms with van der Waals surface area (Å²) in [4.78, 5) is 75.1. The number of amides is 4. The molecule has 0 aromatic carbocycles. The van der Waals surface area contributed by atoms with Gasteiger partial charge in [-0.2, -0.15) is 0 Å². The van der Waals surface area contributed by atoms with Crippen molar-refractivity contribution in [2.24, 2.45) is 33.3 Å². The number of likely N-dealkylation sites (tertiary alicyclic amines) is 1. The van der Waals surface area contributed by atoms with E-state index < -0.39 is 41.1 Å². The molecule has 5 fully saturated rings. The largest absolute Gasteiger partial charge is 0.363 e. The molecule has 12 heteroatoms. The van der Waals surface area contributed by atoms with Crippen molar-refractivity contribution >= 4 is 40.7 Å². The molecule has 2 spiro atoms. The summed E-state index contributed by atoms with van der Waals surface area (Å²) in [6.45, 7) is 14.6. The fraction of sp³-hybridized carbons (Fsp3) is 0.784. The molecule has 11 nitrogen and oxygen atoms in total. The van der Waals surface area contributed by atoms with Crippen LogP contribution in [-0.4, -0.2) is 77.1 Å². The number of carbonyl (C=O) groups is 5. The Hall–Kier alpha value is -2.86. The zero-order valence-electron chi connectivity index (χ0n) is 30.2. The maximum absolute atomic E-state index is 14.7. The molecule has 5 N–H and O–H groups in total. The number of Topliss-reactive ketones (excluding diaryl/α,β-unsaturated/α-hetero) is 1. The van der Waals surface area contributed by atoms with E-state index in [2.05, 4.69) is 29.8 Å². The zero-order valence-corrected chi connectivity index (χ0v) is 31.0. The molecule has 0 bridgehead atoms. The second kappa shape index (κ2) is 13.0. The monoisotopic (exact) mass is 696 g/mol. The van der Waals surface area contributed by atoms with Gasteiger partial charge in [-0.1, -0.05) is 60.3 Å². The van der Waals surface area contributed by atoms with E-state index in [1.54, 1.807) is 16.2 Å². The van der Waals surface area contributed by atoms with E-state index in [0.717, 1.165) is 80.0 Å². The van der Waals surface area contributed by atoms with E-state index >= 15 is 0 Å². The van der Waals surface area contributed by atoms with Gasteiger partial charge in [0.15, 0.2) is 0 Å². The minimum Gasteiger partial charge on any atom is -0.363 e. The Kier molecular flexibility index (Phi) is 9.56. The van der Waals surface area contributed by atoms with Gasteiger partial charge in [0.25, 0.3) is 5.91 Å². The predicted molar refractivity (Wildman–Crippen MR) is 187 cm³/mol. The summed E-state index contributed by atoms with van der Waals surface area (Å²) in [5.74, 6) is -2.21. The number of fused-ring (bicyclic) bond motifs is 1. The number of ketones is 1. The van der Waals surface area contributed by atoms with E-state index in [9.17, 15) is 24.0 Å². The van der Waals surface area contributed by atoms with Gasteiger partial charge in [0.2, 0.25) is 23.5 Å². The first-order chi connectivity index (χ1) is 23.0. The van der Waals surface area contributed by atoms with Crippen molar-refractivity contribution in [3.63, 3.8) is 0 Å². The predicted octanol–water partition coefficient (Wildman–Crippen LogP) is 3.52. The van der Waals surface area contributed by atoms with Crippen LogP contribution in [0.5, 0.6) is 0 Å².